The predicted octanol–water partition coefficient (Wildman–Crippen LogP) is 4.84. The molecule has 0 aliphatic carbocycles. The van der Waals surface area contributed by atoms with Crippen molar-refractivity contribution >= 4 is 17.6 Å². The van der Waals surface area contributed by atoms with E-state index in [9.17, 15) is 9.59 Å². The first-order valence-electron chi connectivity index (χ1n) is 10.2. The molecule has 0 saturated heterocycles. The first-order chi connectivity index (χ1) is 14.2. The number of anilines is 1. The highest BCUT2D eigenvalue weighted by molar-refractivity contribution is 5.96. The zero-order valence-corrected chi connectivity index (χ0v) is 18.6. The number of benzene rings is 2. The highest BCUT2D eigenvalue weighted by atomic mass is 16.5. The van der Waals surface area contributed by atoms with Crippen LogP contribution >= 0.6 is 0 Å². The molecule has 2 aromatic carbocycles. The summed E-state index contributed by atoms with van der Waals surface area (Å²) in [5.74, 6) is 0.427. The minimum atomic E-state index is -0.598. The van der Waals surface area contributed by atoms with Crippen LogP contribution in [0.5, 0.6) is 11.5 Å². The Morgan fingerprint density at radius 2 is 1.63 bits per heavy atom. The summed E-state index contributed by atoms with van der Waals surface area (Å²) >= 11 is 0. The molecule has 0 spiro atoms. The van der Waals surface area contributed by atoms with Gasteiger partial charge in [0.25, 0.3) is 5.91 Å². The lowest BCUT2D eigenvalue weighted by Gasteiger charge is -2.15. The van der Waals surface area contributed by atoms with Gasteiger partial charge in [-0.05, 0) is 62.9 Å². The number of nitrogens with one attached hydrogen (secondary N) is 1. The van der Waals surface area contributed by atoms with Gasteiger partial charge < -0.3 is 19.5 Å². The quantitative estimate of drug-likeness (QED) is 0.596. The molecule has 162 valence electrons. The summed E-state index contributed by atoms with van der Waals surface area (Å²) in [5.41, 5.74) is 4.09. The van der Waals surface area contributed by atoms with E-state index in [4.69, 9.17) is 14.2 Å². The molecule has 6 nitrogen and oxygen atoms in total. The van der Waals surface area contributed by atoms with Crippen LogP contribution in [0.25, 0.3) is 0 Å². The van der Waals surface area contributed by atoms with E-state index < -0.39 is 5.97 Å². The third kappa shape index (κ3) is 6.51. The number of carbonyl (C=O) groups is 2. The van der Waals surface area contributed by atoms with Gasteiger partial charge >= 0.3 is 5.97 Å². The number of esters is 1. The number of ether oxygens (including phenoxy) is 3. The van der Waals surface area contributed by atoms with Gasteiger partial charge in [-0.3, -0.25) is 4.79 Å². The summed E-state index contributed by atoms with van der Waals surface area (Å²) in [5, 5.41) is 2.82. The fourth-order valence-electron chi connectivity index (χ4n) is 3.05. The summed E-state index contributed by atoms with van der Waals surface area (Å²) in [6, 6.07) is 8.85. The summed E-state index contributed by atoms with van der Waals surface area (Å²) in [6.07, 6.45) is 0. The van der Waals surface area contributed by atoms with Crippen molar-refractivity contribution in [3.63, 3.8) is 0 Å². The Morgan fingerprint density at radius 1 is 0.967 bits per heavy atom. The monoisotopic (exact) mass is 413 g/mol. The highest BCUT2D eigenvalue weighted by Crippen LogP contribution is 2.29. The van der Waals surface area contributed by atoms with E-state index in [1.165, 1.54) is 0 Å². The van der Waals surface area contributed by atoms with Crippen molar-refractivity contribution in [3.05, 3.63) is 52.6 Å². The van der Waals surface area contributed by atoms with Crippen molar-refractivity contribution < 1.29 is 23.8 Å². The fraction of sp³-hybridized carbons (Fsp3) is 0.417. The van der Waals surface area contributed by atoms with Gasteiger partial charge in [0.2, 0.25) is 0 Å². The van der Waals surface area contributed by atoms with Crippen molar-refractivity contribution in [1.29, 1.82) is 0 Å². The van der Waals surface area contributed by atoms with Gasteiger partial charge in [-0.1, -0.05) is 31.5 Å². The van der Waals surface area contributed by atoms with Crippen LogP contribution in [0.15, 0.2) is 30.3 Å². The van der Waals surface area contributed by atoms with Crippen LogP contribution in [0.2, 0.25) is 0 Å². The first kappa shape index (κ1) is 23.3. The van der Waals surface area contributed by atoms with Gasteiger partial charge in [-0.15, -0.1) is 0 Å². The number of aryl methyl sites for hydroxylation is 3. The Morgan fingerprint density at radius 3 is 2.23 bits per heavy atom. The Hall–Kier alpha value is -3.02. The molecular formula is C24H31NO5. The SMILES string of the molecule is CCOc1cc(C(=O)OCC(=O)Nc2c(C)cc(C)cc2C)ccc1OCC(C)C. The predicted molar refractivity (Wildman–Crippen MR) is 118 cm³/mol. The molecule has 0 radical (unpaired) electrons. The Kier molecular flexibility index (Phi) is 8.27. The number of amides is 1. The smallest absolute Gasteiger partial charge is 0.338 e. The maximum atomic E-state index is 12.4. The normalized spacial score (nSPS) is 10.6. The third-order valence-corrected chi connectivity index (χ3v) is 4.33. The number of hydrogen-bond acceptors (Lipinski definition) is 5. The molecule has 0 atom stereocenters. The maximum Gasteiger partial charge on any atom is 0.338 e. The van der Waals surface area contributed by atoms with Crippen LogP contribution < -0.4 is 14.8 Å². The van der Waals surface area contributed by atoms with Gasteiger partial charge in [-0.2, -0.15) is 0 Å². The summed E-state index contributed by atoms with van der Waals surface area (Å²) in [4.78, 5) is 24.7. The van der Waals surface area contributed by atoms with Crippen molar-refractivity contribution in [2.24, 2.45) is 5.92 Å². The number of hydrogen-bond donors (Lipinski definition) is 1. The van der Waals surface area contributed by atoms with E-state index in [1.807, 2.05) is 39.8 Å². The molecule has 0 unspecified atom stereocenters. The van der Waals surface area contributed by atoms with Crippen molar-refractivity contribution in [1.82, 2.24) is 0 Å². The fourth-order valence-corrected chi connectivity index (χ4v) is 3.05. The Bertz CT molecular complexity index is 881. The molecule has 6 heteroatoms. The lowest BCUT2D eigenvalue weighted by Crippen LogP contribution is -2.22. The average Bonchev–Trinajstić information content (AvgIpc) is 2.68. The van der Waals surface area contributed by atoms with Crippen LogP contribution in [-0.4, -0.2) is 31.7 Å². The maximum absolute atomic E-state index is 12.4. The molecule has 0 saturated carbocycles. The third-order valence-electron chi connectivity index (χ3n) is 4.33. The van der Waals surface area contributed by atoms with E-state index in [-0.39, 0.29) is 12.5 Å². The Balaban J connectivity index is 2.01. The van der Waals surface area contributed by atoms with E-state index in [2.05, 4.69) is 19.2 Å². The first-order valence-corrected chi connectivity index (χ1v) is 10.2. The second-order valence-electron chi connectivity index (χ2n) is 7.70. The van der Waals surface area contributed by atoms with Gasteiger partial charge in [-0.25, -0.2) is 4.79 Å². The van der Waals surface area contributed by atoms with Crippen molar-refractivity contribution in [2.75, 3.05) is 25.1 Å². The van der Waals surface area contributed by atoms with E-state index >= 15 is 0 Å². The summed E-state index contributed by atoms with van der Waals surface area (Å²) in [6.45, 7) is 12.4. The van der Waals surface area contributed by atoms with E-state index in [0.29, 0.717) is 36.2 Å². The molecule has 0 aliphatic heterocycles. The Labute approximate surface area is 178 Å². The van der Waals surface area contributed by atoms with Crippen LogP contribution in [0.4, 0.5) is 5.69 Å². The number of carbonyl (C=O) groups excluding carboxylic acids is 2. The summed E-state index contributed by atoms with van der Waals surface area (Å²) < 4.78 is 16.5. The number of rotatable bonds is 9. The molecular weight excluding hydrogens is 382 g/mol. The average molecular weight is 414 g/mol. The van der Waals surface area contributed by atoms with Gasteiger partial charge in [0.1, 0.15) is 0 Å². The van der Waals surface area contributed by atoms with Gasteiger partial charge in [0.05, 0.1) is 18.8 Å². The molecule has 1 amide bonds. The van der Waals surface area contributed by atoms with Gasteiger partial charge in [0, 0.05) is 5.69 Å². The highest BCUT2D eigenvalue weighted by Gasteiger charge is 2.15. The molecule has 30 heavy (non-hydrogen) atoms. The molecule has 0 fully saturated rings. The zero-order valence-electron chi connectivity index (χ0n) is 18.6. The van der Waals surface area contributed by atoms with Crippen molar-refractivity contribution in [2.45, 2.75) is 41.5 Å². The largest absolute Gasteiger partial charge is 0.490 e. The minimum absolute atomic E-state index is 0.297. The van der Waals surface area contributed by atoms with Crippen LogP contribution in [0.3, 0.4) is 0 Å². The standard InChI is InChI=1S/C24H31NO5/c1-7-28-21-12-19(8-9-20(21)29-13-15(2)3)24(27)30-14-22(26)25-23-17(5)10-16(4)11-18(23)6/h8-12,15H,7,13-14H2,1-6H3,(H,25,26). The topological polar surface area (TPSA) is 73.9 Å². The zero-order chi connectivity index (χ0) is 22.3. The summed E-state index contributed by atoms with van der Waals surface area (Å²) in [7, 11) is 0. The lowest BCUT2D eigenvalue weighted by molar-refractivity contribution is -0.119. The van der Waals surface area contributed by atoms with E-state index in [0.717, 1.165) is 22.4 Å². The second kappa shape index (κ2) is 10.7. The lowest BCUT2D eigenvalue weighted by atomic mass is 10.1. The van der Waals surface area contributed by atoms with E-state index in [1.54, 1.807) is 18.2 Å². The molecule has 2 aromatic rings. The second-order valence-corrected chi connectivity index (χ2v) is 7.70. The molecule has 2 rings (SSSR count). The van der Waals surface area contributed by atoms with Crippen molar-refractivity contribution in [3.8, 4) is 11.5 Å². The molecule has 0 bridgehead atoms. The van der Waals surface area contributed by atoms with Gasteiger partial charge in [0.15, 0.2) is 18.1 Å². The van der Waals surface area contributed by atoms with Crippen LogP contribution in [-0.2, 0) is 9.53 Å². The molecule has 0 heterocycles. The van der Waals surface area contributed by atoms with Crippen LogP contribution in [0.1, 0.15) is 47.8 Å². The minimum Gasteiger partial charge on any atom is -0.490 e. The molecule has 1 N–H and O–H groups in total. The van der Waals surface area contributed by atoms with Crippen LogP contribution in [0, 0.1) is 26.7 Å². The molecule has 0 aliphatic rings. The molecule has 0 aromatic heterocycles.